The number of hydrogen-bond acceptors (Lipinski definition) is 5. The molecule has 0 saturated heterocycles. The molecule has 0 unspecified atom stereocenters. The molecule has 0 aromatic heterocycles. The molecule has 0 aliphatic rings. The second kappa shape index (κ2) is 12.8. The van der Waals surface area contributed by atoms with Crippen molar-refractivity contribution in [2.75, 3.05) is 30.8 Å². The minimum absolute atomic E-state index is 0.111. The van der Waals surface area contributed by atoms with Gasteiger partial charge in [0, 0.05) is 18.1 Å². The highest BCUT2D eigenvalue weighted by Crippen LogP contribution is 2.26. The predicted octanol–water partition coefficient (Wildman–Crippen LogP) is 3.76. The SMILES string of the molecule is CCCNC(=O)[C@@H](CC)N(Cc1cccc(OC)c1)C(=O)CN(c1ccc(C)c(Cl)c1)S(C)(=O)=O. The van der Waals surface area contributed by atoms with Gasteiger partial charge in [0.2, 0.25) is 21.8 Å². The van der Waals surface area contributed by atoms with Crippen molar-refractivity contribution >= 4 is 39.1 Å². The number of carbonyl (C=O) groups is 2. The summed E-state index contributed by atoms with van der Waals surface area (Å²) in [5.74, 6) is -0.172. The molecule has 2 aromatic carbocycles. The number of sulfonamides is 1. The maximum absolute atomic E-state index is 13.6. The van der Waals surface area contributed by atoms with Gasteiger partial charge in [-0.1, -0.05) is 43.6 Å². The predicted molar refractivity (Wildman–Crippen MR) is 139 cm³/mol. The van der Waals surface area contributed by atoms with E-state index in [1.807, 2.05) is 19.9 Å². The van der Waals surface area contributed by atoms with E-state index < -0.39 is 28.5 Å². The third-order valence-corrected chi connectivity index (χ3v) is 7.09. The summed E-state index contributed by atoms with van der Waals surface area (Å²) in [5, 5.41) is 3.24. The largest absolute Gasteiger partial charge is 0.497 e. The first-order valence-electron chi connectivity index (χ1n) is 11.5. The molecule has 0 bridgehead atoms. The Morgan fingerprint density at radius 3 is 2.43 bits per heavy atom. The molecule has 2 rings (SSSR count). The van der Waals surface area contributed by atoms with Crippen molar-refractivity contribution in [2.45, 2.75) is 46.2 Å². The van der Waals surface area contributed by atoms with Gasteiger partial charge in [0.15, 0.2) is 0 Å². The van der Waals surface area contributed by atoms with E-state index in [9.17, 15) is 18.0 Å². The van der Waals surface area contributed by atoms with Crippen LogP contribution in [0.5, 0.6) is 5.75 Å². The van der Waals surface area contributed by atoms with E-state index in [1.165, 1.54) is 11.0 Å². The number of ether oxygens (including phenoxy) is 1. The van der Waals surface area contributed by atoms with Gasteiger partial charge in [-0.3, -0.25) is 13.9 Å². The third kappa shape index (κ3) is 7.86. The topological polar surface area (TPSA) is 96.0 Å². The normalized spacial score (nSPS) is 12.1. The Bertz CT molecular complexity index is 1140. The minimum Gasteiger partial charge on any atom is -0.497 e. The van der Waals surface area contributed by atoms with Crippen LogP contribution in [0.1, 0.15) is 37.8 Å². The Hall–Kier alpha value is -2.78. The Labute approximate surface area is 213 Å². The molecule has 10 heteroatoms. The first-order chi connectivity index (χ1) is 16.5. The summed E-state index contributed by atoms with van der Waals surface area (Å²) in [6.45, 7) is 5.68. The average Bonchev–Trinajstić information content (AvgIpc) is 2.82. The van der Waals surface area contributed by atoms with Crippen LogP contribution in [0, 0.1) is 6.92 Å². The molecule has 0 radical (unpaired) electrons. The quantitative estimate of drug-likeness (QED) is 0.457. The molecule has 8 nitrogen and oxygen atoms in total. The van der Waals surface area contributed by atoms with Gasteiger partial charge in [-0.25, -0.2) is 8.42 Å². The van der Waals surface area contributed by atoms with E-state index in [4.69, 9.17) is 16.3 Å². The number of hydrogen-bond donors (Lipinski definition) is 1. The number of methoxy groups -OCH3 is 1. The molecular weight excluding hydrogens is 490 g/mol. The number of anilines is 1. The second-order valence-corrected chi connectivity index (χ2v) is 10.6. The molecule has 2 aromatic rings. The number of rotatable bonds is 12. The molecule has 0 fully saturated rings. The maximum atomic E-state index is 13.6. The number of benzene rings is 2. The number of halogens is 1. The maximum Gasteiger partial charge on any atom is 0.244 e. The molecule has 0 spiro atoms. The molecular formula is C25H34ClN3O5S. The first kappa shape index (κ1) is 28.5. The van der Waals surface area contributed by atoms with Crippen molar-refractivity contribution in [2.24, 2.45) is 0 Å². The Balaban J connectivity index is 2.45. The Morgan fingerprint density at radius 2 is 1.86 bits per heavy atom. The summed E-state index contributed by atoms with van der Waals surface area (Å²) in [4.78, 5) is 28.0. The Kier molecular flexibility index (Phi) is 10.4. The molecule has 192 valence electrons. The number of amides is 2. The summed E-state index contributed by atoms with van der Waals surface area (Å²) >= 11 is 6.22. The van der Waals surface area contributed by atoms with Gasteiger partial charge >= 0.3 is 0 Å². The van der Waals surface area contributed by atoms with Crippen molar-refractivity contribution in [1.29, 1.82) is 0 Å². The third-order valence-electron chi connectivity index (χ3n) is 5.54. The van der Waals surface area contributed by atoms with Gasteiger partial charge in [-0.15, -0.1) is 0 Å². The smallest absolute Gasteiger partial charge is 0.244 e. The summed E-state index contributed by atoms with van der Waals surface area (Å²) in [6.07, 6.45) is 2.15. The van der Waals surface area contributed by atoms with E-state index in [0.29, 0.717) is 23.7 Å². The van der Waals surface area contributed by atoms with Crippen LogP contribution >= 0.6 is 11.6 Å². The van der Waals surface area contributed by atoms with Crippen molar-refractivity contribution in [1.82, 2.24) is 10.2 Å². The molecule has 0 aliphatic carbocycles. The van der Waals surface area contributed by atoms with Crippen molar-refractivity contribution in [3.8, 4) is 5.75 Å². The van der Waals surface area contributed by atoms with Crippen molar-refractivity contribution < 1.29 is 22.7 Å². The number of nitrogens with one attached hydrogen (secondary N) is 1. The average molecular weight is 524 g/mol. The van der Waals surface area contributed by atoms with Gasteiger partial charge in [-0.05, 0) is 55.2 Å². The number of aryl methyl sites for hydroxylation is 1. The van der Waals surface area contributed by atoms with Crippen LogP contribution in [0.4, 0.5) is 5.69 Å². The van der Waals surface area contributed by atoms with Gasteiger partial charge in [0.1, 0.15) is 18.3 Å². The fraction of sp³-hybridized carbons (Fsp3) is 0.440. The van der Waals surface area contributed by atoms with Crippen LogP contribution in [0.25, 0.3) is 0 Å². The van der Waals surface area contributed by atoms with E-state index in [0.717, 1.165) is 28.1 Å². The van der Waals surface area contributed by atoms with E-state index >= 15 is 0 Å². The zero-order valence-electron chi connectivity index (χ0n) is 20.9. The van der Waals surface area contributed by atoms with E-state index in [-0.39, 0.29) is 18.1 Å². The lowest BCUT2D eigenvalue weighted by Crippen LogP contribution is -2.52. The van der Waals surface area contributed by atoms with Crippen LogP contribution in [0.15, 0.2) is 42.5 Å². The molecule has 0 saturated carbocycles. The zero-order chi connectivity index (χ0) is 26.2. The first-order valence-corrected chi connectivity index (χ1v) is 13.7. The number of carbonyl (C=O) groups excluding carboxylic acids is 2. The van der Waals surface area contributed by atoms with Crippen LogP contribution in [0.3, 0.4) is 0 Å². The molecule has 2 amide bonds. The second-order valence-electron chi connectivity index (χ2n) is 8.29. The fourth-order valence-electron chi connectivity index (χ4n) is 3.60. The molecule has 0 heterocycles. The van der Waals surface area contributed by atoms with E-state index in [2.05, 4.69) is 5.32 Å². The lowest BCUT2D eigenvalue weighted by atomic mass is 10.1. The standard InChI is InChI=1S/C25H34ClN3O5S/c1-6-13-27-25(31)23(7-2)28(16-19-9-8-10-21(14-19)34-4)24(30)17-29(35(5,32)33)20-12-11-18(3)22(26)15-20/h8-12,14-15,23H,6-7,13,16-17H2,1-5H3,(H,27,31)/t23-/m1/s1. The lowest BCUT2D eigenvalue weighted by Gasteiger charge is -2.33. The Morgan fingerprint density at radius 1 is 1.14 bits per heavy atom. The van der Waals surface area contributed by atoms with Crippen LogP contribution in [-0.4, -0.2) is 57.6 Å². The van der Waals surface area contributed by atoms with Crippen LogP contribution < -0.4 is 14.4 Å². The highest BCUT2D eigenvalue weighted by atomic mass is 35.5. The summed E-state index contributed by atoms with van der Waals surface area (Å²) in [5.41, 5.74) is 1.82. The summed E-state index contributed by atoms with van der Waals surface area (Å²) in [6, 6.07) is 11.2. The highest BCUT2D eigenvalue weighted by molar-refractivity contribution is 7.92. The monoisotopic (exact) mass is 523 g/mol. The molecule has 1 N–H and O–H groups in total. The van der Waals surface area contributed by atoms with Gasteiger partial charge in [0.25, 0.3) is 0 Å². The summed E-state index contributed by atoms with van der Waals surface area (Å²) < 4.78 is 31.6. The molecule has 0 aliphatic heterocycles. The summed E-state index contributed by atoms with van der Waals surface area (Å²) in [7, 11) is -2.27. The van der Waals surface area contributed by atoms with Crippen molar-refractivity contribution in [3.05, 3.63) is 58.6 Å². The highest BCUT2D eigenvalue weighted by Gasteiger charge is 2.31. The van der Waals surface area contributed by atoms with Crippen molar-refractivity contribution in [3.63, 3.8) is 0 Å². The molecule has 1 atom stereocenters. The van der Waals surface area contributed by atoms with E-state index in [1.54, 1.807) is 44.4 Å². The fourth-order valence-corrected chi connectivity index (χ4v) is 4.62. The van der Waals surface area contributed by atoms with Gasteiger partial charge in [-0.2, -0.15) is 0 Å². The zero-order valence-corrected chi connectivity index (χ0v) is 22.4. The van der Waals surface area contributed by atoms with Gasteiger partial charge < -0.3 is 15.0 Å². The number of nitrogens with zero attached hydrogens (tertiary/aromatic N) is 2. The van der Waals surface area contributed by atoms with Gasteiger partial charge in [0.05, 0.1) is 19.1 Å². The van der Waals surface area contributed by atoms with Crippen LogP contribution in [0.2, 0.25) is 5.02 Å². The molecule has 35 heavy (non-hydrogen) atoms. The minimum atomic E-state index is -3.82. The van der Waals surface area contributed by atoms with Crippen LogP contribution in [-0.2, 0) is 26.2 Å². The lowest BCUT2D eigenvalue weighted by molar-refractivity contribution is -0.140.